The van der Waals surface area contributed by atoms with Crippen LogP contribution in [0.3, 0.4) is 0 Å². The number of H-pyrrole nitrogens is 1. The molecule has 5 heteroatoms. The van der Waals surface area contributed by atoms with E-state index in [1.54, 1.807) is 18.2 Å². The number of aromatic amines is 1. The van der Waals surface area contributed by atoms with Gasteiger partial charge in [0.1, 0.15) is 5.82 Å². The van der Waals surface area contributed by atoms with E-state index in [1.807, 2.05) is 0 Å². The smallest absolute Gasteiger partial charge is 0.258 e. The zero-order valence-electron chi connectivity index (χ0n) is 11.1. The maximum Gasteiger partial charge on any atom is 0.258 e. The highest BCUT2D eigenvalue weighted by Gasteiger charge is 2.39. The van der Waals surface area contributed by atoms with Crippen molar-refractivity contribution in [1.82, 2.24) is 14.9 Å². The van der Waals surface area contributed by atoms with Crippen molar-refractivity contribution in [2.24, 2.45) is 11.8 Å². The summed E-state index contributed by atoms with van der Waals surface area (Å²) in [5, 5.41) is 1.21. The lowest BCUT2D eigenvalue weighted by Gasteiger charge is -2.28. The van der Waals surface area contributed by atoms with E-state index in [0.717, 1.165) is 37.3 Å². The molecule has 104 valence electrons. The second kappa shape index (κ2) is 4.57. The van der Waals surface area contributed by atoms with Gasteiger partial charge in [0, 0.05) is 18.1 Å². The van der Waals surface area contributed by atoms with E-state index in [4.69, 9.17) is 11.6 Å². The number of fused-ring (bicyclic) bond motifs is 2. The number of hydrogen-bond acceptors (Lipinski definition) is 3. The van der Waals surface area contributed by atoms with Gasteiger partial charge in [0.15, 0.2) is 0 Å². The second-order valence-corrected chi connectivity index (χ2v) is 6.40. The predicted octanol–water partition coefficient (Wildman–Crippen LogP) is 2.42. The van der Waals surface area contributed by atoms with Crippen LogP contribution in [-0.2, 0) is 6.54 Å². The number of aromatic nitrogens is 2. The Balaban J connectivity index is 1.64. The van der Waals surface area contributed by atoms with Gasteiger partial charge < -0.3 is 4.98 Å². The number of likely N-dealkylation sites (tertiary alicyclic amines) is 1. The van der Waals surface area contributed by atoms with Crippen molar-refractivity contribution >= 4 is 22.5 Å². The van der Waals surface area contributed by atoms with Gasteiger partial charge in [-0.2, -0.15) is 0 Å². The third-order valence-corrected chi connectivity index (χ3v) is 4.89. The van der Waals surface area contributed by atoms with Crippen LogP contribution in [0.2, 0.25) is 5.02 Å². The van der Waals surface area contributed by atoms with Crippen LogP contribution in [0.1, 0.15) is 18.7 Å². The van der Waals surface area contributed by atoms with Crippen molar-refractivity contribution in [3.63, 3.8) is 0 Å². The molecule has 0 amide bonds. The summed E-state index contributed by atoms with van der Waals surface area (Å²) >= 11 is 5.98. The highest BCUT2D eigenvalue weighted by atomic mass is 35.5. The van der Waals surface area contributed by atoms with Crippen LogP contribution < -0.4 is 5.56 Å². The molecule has 1 saturated heterocycles. The van der Waals surface area contributed by atoms with Crippen LogP contribution in [0.15, 0.2) is 23.0 Å². The molecule has 2 heterocycles. The lowest BCUT2D eigenvalue weighted by atomic mass is 9.77. The van der Waals surface area contributed by atoms with Crippen molar-refractivity contribution < 1.29 is 0 Å². The minimum Gasteiger partial charge on any atom is -0.309 e. The molecule has 0 unspecified atom stereocenters. The highest BCUT2D eigenvalue weighted by molar-refractivity contribution is 6.31. The first-order chi connectivity index (χ1) is 9.69. The van der Waals surface area contributed by atoms with Gasteiger partial charge in [0.25, 0.3) is 5.56 Å². The van der Waals surface area contributed by atoms with Crippen LogP contribution in [0.4, 0.5) is 0 Å². The molecular formula is C15H16ClN3O. The second-order valence-electron chi connectivity index (χ2n) is 5.97. The van der Waals surface area contributed by atoms with Gasteiger partial charge in [-0.05, 0) is 42.9 Å². The lowest BCUT2D eigenvalue weighted by Crippen LogP contribution is -2.23. The van der Waals surface area contributed by atoms with Gasteiger partial charge in [-0.1, -0.05) is 11.6 Å². The number of nitrogens with zero attached hydrogens (tertiary/aromatic N) is 2. The normalized spacial score (nSPS) is 25.6. The highest BCUT2D eigenvalue weighted by Crippen LogP contribution is 2.40. The Morgan fingerprint density at radius 1 is 1.30 bits per heavy atom. The molecule has 2 aromatic rings. The maximum atomic E-state index is 12.1. The first-order valence-corrected chi connectivity index (χ1v) is 7.47. The Labute approximate surface area is 121 Å². The molecule has 2 aliphatic rings. The summed E-state index contributed by atoms with van der Waals surface area (Å²) in [4.78, 5) is 21.9. The van der Waals surface area contributed by atoms with E-state index < -0.39 is 0 Å². The summed E-state index contributed by atoms with van der Waals surface area (Å²) in [5.74, 6) is 2.49. The van der Waals surface area contributed by atoms with E-state index in [-0.39, 0.29) is 5.56 Å². The first kappa shape index (κ1) is 12.4. The topological polar surface area (TPSA) is 49.0 Å². The van der Waals surface area contributed by atoms with Crippen LogP contribution in [0.25, 0.3) is 10.9 Å². The molecule has 0 radical (unpaired) electrons. The van der Waals surface area contributed by atoms with Crippen molar-refractivity contribution in [2.45, 2.75) is 19.4 Å². The molecule has 0 bridgehead atoms. The predicted molar refractivity (Wildman–Crippen MR) is 78.9 cm³/mol. The summed E-state index contributed by atoms with van der Waals surface area (Å²) in [7, 11) is 0. The molecule has 0 spiro atoms. The number of rotatable bonds is 2. The molecule has 1 aliphatic carbocycles. The number of halogens is 1. The number of nitrogens with one attached hydrogen (secondary N) is 1. The Morgan fingerprint density at radius 2 is 2.05 bits per heavy atom. The molecular weight excluding hydrogens is 274 g/mol. The Bertz CT molecular complexity index is 715. The third kappa shape index (κ3) is 2.03. The van der Waals surface area contributed by atoms with Crippen LogP contribution >= 0.6 is 11.6 Å². The van der Waals surface area contributed by atoms with Crippen LogP contribution in [0.5, 0.6) is 0 Å². The van der Waals surface area contributed by atoms with Gasteiger partial charge in [-0.15, -0.1) is 0 Å². The molecule has 1 N–H and O–H groups in total. The Hall–Kier alpha value is -1.39. The van der Waals surface area contributed by atoms with Gasteiger partial charge in [0.2, 0.25) is 0 Å². The maximum absolute atomic E-state index is 12.1. The van der Waals surface area contributed by atoms with E-state index in [2.05, 4.69) is 14.9 Å². The number of hydrogen-bond donors (Lipinski definition) is 1. The molecule has 1 aromatic heterocycles. The van der Waals surface area contributed by atoms with Crippen LogP contribution in [-0.4, -0.2) is 28.0 Å². The molecule has 1 aliphatic heterocycles. The Morgan fingerprint density at radius 3 is 2.75 bits per heavy atom. The SMILES string of the molecule is O=c1[nH]c(CN2C[C@H]3CC[C@H]3C2)nc2cc(Cl)ccc12. The van der Waals surface area contributed by atoms with E-state index >= 15 is 0 Å². The van der Waals surface area contributed by atoms with Crippen LogP contribution in [0, 0.1) is 11.8 Å². The zero-order chi connectivity index (χ0) is 13.7. The fourth-order valence-electron chi connectivity index (χ4n) is 3.43. The average molecular weight is 290 g/mol. The summed E-state index contributed by atoms with van der Waals surface area (Å²) < 4.78 is 0. The zero-order valence-corrected chi connectivity index (χ0v) is 11.9. The Kier molecular flexibility index (Phi) is 2.82. The van der Waals surface area contributed by atoms with Crippen molar-refractivity contribution in [1.29, 1.82) is 0 Å². The monoisotopic (exact) mass is 289 g/mol. The summed E-state index contributed by atoms with van der Waals surface area (Å²) in [6, 6.07) is 5.20. The lowest BCUT2D eigenvalue weighted by molar-refractivity contribution is 0.243. The summed E-state index contributed by atoms with van der Waals surface area (Å²) in [5.41, 5.74) is 0.599. The minimum absolute atomic E-state index is 0.0798. The van der Waals surface area contributed by atoms with E-state index in [9.17, 15) is 4.79 Å². The largest absolute Gasteiger partial charge is 0.309 e. The number of benzene rings is 1. The molecule has 1 aromatic carbocycles. The summed E-state index contributed by atoms with van der Waals surface area (Å²) in [6.45, 7) is 3.01. The van der Waals surface area contributed by atoms with Crippen molar-refractivity contribution in [3.8, 4) is 0 Å². The van der Waals surface area contributed by atoms with Crippen molar-refractivity contribution in [2.75, 3.05) is 13.1 Å². The molecule has 4 rings (SSSR count). The van der Waals surface area contributed by atoms with E-state index in [0.29, 0.717) is 15.9 Å². The standard InChI is InChI=1S/C15H16ClN3O/c16-11-3-4-12-13(5-11)17-14(18-15(12)20)8-19-6-9-1-2-10(9)7-19/h3-5,9-10H,1-2,6-8H2,(H,17,18,20)/t9-,10+. The first-order valence-electron chi connectivity index (χ1n) is 7.10. The molecule has 2 fully saturated rings. The van der Waals surface area contributed by atoms with Gasteiger partial charge in [-0.3, -0.25) is 9.69 Å². The molecule has 1 saturated carbocycles. The van der Waals surface area contributed by atoms with E-state index in [1.165, 1.54) is 12.8 Å². The van der Waals surface area contributed by atoms with Gasteiger partial charge >= 0.3 is 0 Å². The minimum atomic E-state index is -0.0798. The van der Waals surface area contributed by atoms with Gasteiger partial charge in [0.05, 0.1) is 17.4 Å². The quantitative estimate of drug-likeness (QED) is 0.924. The fourth-order valence-corrected chi connectivity index (χ4v) is 3.60. The average Bonchev–Trinajstić information content (AvgIpc) is 2.65. The molecule has 2 atom stereocenters. The third-order valence-electron chi connectivity index (χ3n) is 4.65. The molecule has 4 nitrogen and oxygen atoms in total. The van der Waals surface area contributed by atoms with Crippen molar-refractivity contribution in [3.05, 3.63) is 39.4 Å². The fraction of sp³-hybridized carbons (Fsp3) is 0.467. The van der Waals surface area contributed by atoms with Gasteiger partial charge in [-0.25, -0.2) is 4.98 Å². The summed E-state index contributed by atoms with van der Waals surface area (Å²) in [6.07, 6.45) is 2.72. The molecule has 20 heavy (non-hydrogen) atoms.